The van der Waals surface area contributed by atoms with Crippen LogP contribution in [0.2, 0.25) is 0 Å². The first-order valence-corrected chi connectivity index (χ1v) is 9.03. The number of aromatic nitrogens is 1. The summed E-state index contributed by atoms with van der Waals surface area (Å²) in [7, 11) is 0. The number of carbonyl (C=O) groups excluding carboxylic acids is 1. The molecule has 0 radical (unpaired) electrons. The molecule has 1 aromatic heterocycles. The summed E-state index contributed by atoms with van der Waals surface area (Å²) in [6, 6.07) is 10.7. The van der Waals surface area contributed by atoms with Gasteiger partial charge in [0.2, 0.25) is 0 Å². The van der Waals surface area contributed by atoms with Gasteiger partial charge in [-0.05, 0) is 36.2 Å². The maximum absolute atomic E-state index is 13.1. The van der Waals surface area contributed by atoms with Gasteiger partial charge in [0, 0.05) is 45.5 Å². The molecule has 2 saturated heterocycles. The van der Waals surface area contributed by atoms with Gasteiger partial charge in [0.1, 0.15) is 5.82 Å². The van der Waals surface area contributed by atoms with E-state index in [1.165, 1.54) is 17.7 Å². The first-order chi connectivity index (χ1) is 12.6. The van der Waals surface area contributed by atoms with E-state index >= 15 is 0 Å². The minimum Gasteiger partial charge on any atom is -0.318 e. The Morgan fingerprint density at radius 1 is 1.12 bits per heavy atom. The van der Waals surface area contributed by atoms with Crippen LogP contribution >= 0.6 is 0 Å². The maximum atomic E-state index is 13.1. The van der Waals surface area contributed by atoms with E-state index in [1.807, 2.05) is 22.1 Å². The van der Waals surface area contributed by atoms with Crippen LogP contribution in [0.15, 0.2) is 42.6 Å². The second-order valence-corrected chi connectivity index (χ2v) is 7.14. The van der Waals surface area contributed by atoms with Crippen molar-refractivity contribution in [2.75, 3.05) is 26.2 Å². The fourth-order valence-electron chi connectivity index (χ4n) is 3.82. The minimum absolute atomic E-state index is 0.0907. The van der Waals surface area contributed by atoms with Crippen molar-refractivity contribution in [2.45, 2.75) is 26.1 Å². The molecule has 0 aliphatic carbocycles. The number of hydrogen-bond acceptors (Lipinski definition) is 3. The van der Waals surface area contributed by atoms with Crippen molar-refractivity contribution in [3.63, 3.8) is 0 Å². The second kappa shape index (κ2) is 7.03. The van der Waals surface area contributed by atoms with Gasteiger partial charge in [-0.2, -0.15) is 0 Å². The number of benzene rings is 1. The molecule has 2 amide bonds. The molecule has 6 heteroatoms. The number of urea groups is 1. The van der Waals surface area contributed by atoms with Crippen molar-refractivity contribution in [1.29, 1.82) is 0 Å². The van der Waals surface area contributed by atoms with Gasteiger partial charge in [-0.15, -0.1) is 0 Å². The first kappa shape index (κ1) is 17.0. The average molecular weight is 354 g/mol. The zero-order valence-electron chi connectivity index (χ0n) is 14.9. The summed E-state index contributed by atoms with van der Waals surface area (Å²) in [6.45, 7) is 6.63. The van der Waals surface area contributed by atoms with Crippen LogP contribution < -0.4 is 0 Å². The summed E-state index contributed by atoms with van der Waals surface area (Å²) >= 11 is 0. The van der Waals surface area contributed by atoms with Crippen LogP contribution in [0.1, 0.15) is 16.8 Å². The lowest BCUT2D eigenvalue weighted by Gasteiger charge is -2.36. The number of nitrogens with zero attached hydrogens (tertiary/aromatic N) is 4. The standard InChI is InChI=1S/C20H23FN4O/c1-15-3-2-8-22-19(15)14-23-9-10-25-18(12-23)13-24(20(25)26)11-16-4-6-17(21)7-5-16/h2-8,18H,9-14H2,1H3/t18-/m1/s1. The summed E-state index contributed by atoms with van der Waals surface area (Å²) in [6.07, 6.45) is 1.84. The summed E-state index contributed by atoms with van der Waals surface area (Å²) in [5, 5.41) is 0. The lowest BCUT2D eigenvalue weighted by atomic mass is 10.1. The summed E-state index contributed by atoms with van der Waals surface area (Å²) in [5.41, 5.74) is 3.27. The third-order valence-corrected chi connectivity index (χ3v) is 5.29. The number of pyridine rings is 1. The fourth-order valence-corrected chi connectivity index (χ4v) is 3.82. The molecular weight excluding hydrogens is 331 g/mol. The highest BCUT2D eigenvalue weighted by molar-refractivity contribution is 5.77. The Kier molecular flexibility index (Phi) is 4.59. The van der Waals surface area contributed by atoms with Crippen molar-refractivity contribution in [3.05, 3.63) is 65.2 Å². The van der Waals surface area contributed by atoms with Crippen molar-refractivity contribution in [1.82, 2.24) is 19.7 Å². The van der Waals surface area contributed by atoms with Gasteiger partial charge < -0.3 is 9.80 Å². The number of carbonyl (C=O) groups is 1. The fraction of sp³-hybridized carbons (Fsp3) is 0.400. The van der Waals surface area contributed by atoms with Gasteiger partial charge in [-0.25, -0.2) is 9.18 Å². The number of amides is 2. The molecule has 1 aromatic carbocycles. The Bertz CT molecular complexity index is 795. The number of rotatable bonds is 4. The normalized spacial score (nSPS) is 20.5. The highest BCUT2D eigenvalue weighted by atomic mass is 19.1. The van der Waals surface area contributed by atoms with Gasteiger partial charge in [0.25, 0.3) is 0 Å². The van der Waals surface area contributed by atoms with E-state index in [1.54, 1.807) is 12.1 Å². The molecular formula is C20H23FN4O. The van der Waals surface area contributed by atoms with Crippen molar-refractivity contribution >= 4 is 6.03 Å². The van der Waals surface area contributed by atoms with Crippen LogP contribution in [0.5, 0.6) is 0 Å². The smallest absolute Gasteiger partial charge is 0.318 e. The largest absolute Gasteiger partial charge is 0.320 e. The molecule has 136 valence electrons. The first-order valence-electron chi connectivity index (χ1n) is 9.03. The van der Waals surface area contributed by atoms with Gasteiger partial charge in [0.05, 0.1) is 11.7 Å². The monoisotopic (exact) mass is 354 g/mol. The molecule has 1 atom stereocenters. The number of fused-ring (bicyclic) bond motifs is 1. The summed E-state index contributed by atoms with van der Waals surface area (Å²) < 4.78 is 13.1. The molecule has 5 nitrogen and oxygen atoms in total. The average Bonchev–Trinajstić information content (AvgIpc) is 2.94. The predicted octanol–water partition coefficient (Wildman–Crippen LogP) is 2.65. The van der Waals surface area contributed by atoms with E-state index in [-0.39, 0.29) is 17.9 Å². The SMILES string of the molecule is Cc1cccnc1CN1CCN2C(=O)N(Cc3ccc(F)cc3)C[C@H]2C1. The molecule has 4 rings (SSSR count). The summed E-state index contributed by atoms with van der Waals surface area (Å²) in [5.74, 6) is -0.251. The van der Waals surface area contributed by atoms with E-state index in [0.29, 0.717) is 13.1 Å². The third kappa shape index (κ3) is 3.42. The van der Waals surface area contributed by atoms with Crippen molar-refractivity contribution in [2.24, 2.45) is 0 Å². The minimum atomic E-state index is -0.251. The Morgan fingerprint density at radius 3 is 2.69 bits per heavy atom. The van der Waals surface area contributed by atoms with Gasteiger partial charge >= 0.3 is 6.03 Å². The van der Waals surface area contributed by atoms with E-state index in [0.717, 1.165) is 37.4 Å². The van der Waals surface area contributed by atoms with Crippen LogP contribution in [0, 0.1) is 12.7 Å². The lowest BCUT2D eigenvalue weighted by Crippen LogP contribution is -2.51. The molecule has 0 saturated carbocycles. The molecule has 2 fully saturated rings. The van der Waals surface area contributed by atoms with E-state index < -0.39 is 0 Å². The highest BCUT2D eigenvalue weighted by Crippen LogP contribution is 2.23. The molecule has 0 bridgehead atoms. The van der Waals surface area contributed by atoms with Crippen LogP contribution in [-0.4, -0.2) is 57.9 Å². The molecule has 0 N–H and O–H groups in total. The Labute approximate surface area is 153 Å². The topological polar surface area (TPSA) is 39.7 Å². The number of piperazine rings is 1. The number of hydrogen-bond donors (Lipinski definition) is 0. The molecule has 2 aromatic rings. The molecule has 0 spiro atoms. The third-order valence-electron chi connectivity index (χ3n) is 5.29. The van der Waals surface area contributed by atoms with Gasteiger partial charge in [-0.1, -0.05) is 18.2 Å². The number of halogens is 1. The molecule has 3 heterocycles. The zero-order chi connectivity index (χ0) is 18.1. The van der Waals surface area contributed by atoms with E-state index in [4.69, 9.17) is 0 Å². The Hall–Kier alpha value is -2.47. The Balaban J connectivity index is 1.40. The van der Waals surface area contributed by atoms with Gasteiger partial charge in [0.15, 0.2) is 0 Å². The predicted molar refractivity (Wildman–Crippen MR) is 97.0 cm³/mol. The highest BCUT2D eigenvalue weighted by Gasteiger charge is 2.40. The van der Waals surface area contributed by atoms with Crippen LogP contribution in [0.4, 0.5) is 9.18 Å². The maximum Gasteiger partial charge on any atom is 0.320 e. The second-order valence-electron chi connectivity index (χ2n) is 7.14. The van der Waals surface area contributed by atoms with Crippen molar-refractivity contribution < 1.29 is 9.18 Å². The van der Waals surface area contributed by atoms with Gasteiger partial charge in [-0.3, -0.25) is 9.88 Å². The molecule has 2 aliphatic rings. The van der Waals surface area contributed by atoms with Crippen LogP contribution in [-0.2, 0) is 13.1 Å². The van der Waals surface area contributed by atoms with E-state index in [9.17, 15) is 9.18 Å². The Morgan fingerprint density at radius 2 is 1.92 bits per heavy atom. The molecule has 26 heavy (non-hydrogen) atoms. The van der Waals surface area contributed by atoms with Crippen LogP contribution in [0.3, 0.4) is 0 Å². The number of aryl methyl sites for hydroxylation is 1. The molecule has 2 aliphatic heterocycles. The quantitative estimate of drug-likeness (QED) is 0.847. The summed E-state index contributed by atoms with van der Waals surface area (Å²) in [4.78, 5) is 23.4. The van der Waals surface area contributed by atoms with Crippen molar-refractivity contribution in [3.8, 4) is 0 Å². The van der Waals surface area contributed by atoms with Crippen LogP contribution in [0.25, 0.3) is 0 Å². The van der Waals surface area contributed by atoms with E-state index in [2.05, 4.69) is 22.9 Å². The lowest BCUT2D eigenvalue weighted by molar-refractivity contribution is 0.115. The zero-order valence-corrected chi connectivity index (χ0v) is 14.9. The molecule has 0 unspecified atom stereocenters.